The van der Waals surface area contributed by atoms with Crippen LogP contribution in [0.4, 0.5) is 0 Å². The van der Waals surface area contributed by atoms with Crippen LogP contribution in [0.2, 0.25) is 0 Å². The summed E-state index contributed by atoms with van der Waals surface area (Å²) < 4.78 is 5.42. The predicted molar refractivity (Wildman–Crippen MR) is 66.2 cm³/mol. The summed E-state index contributed by atoms with van der Waals surface area (Å²) in [5, 5.41) is 0. The highest BCUT2D eigenvalue weighted by molar-refractivity contribution is 5.87. The fraction of sp³-hybridized carbons (Fsp3) is 0.786. The molecule has 16 heavy (non-hydrogen) atoms. The van der Waals surface area contributed by atoms with Crippen molar-refractivity contribution in [3.63, 3.8) is 0 Å². The molecule has 1 rings (SSSR count). The molecular formula is C14H24O2. The van der Waals surface area contributed by atoms with Crippen molar-refractivity contribution in [1.29, 1.82) is 0 Å². The molecule has 0 aromatic rings. The van der Waals surface area contributed by atoms with E-state index in [1.54, 1.807) is 0 Å². The lowest BCUT2D eigenvalue weighted by atomic mass is 10.1. The lowest BCUT2D eigenvalue weighted by Gasteiger charge is -2.11. The number of carbonyl (C=O) groups is 1. The Labute approximate surface area is 99.1 Å². The number of carbonyl (C=O) groups excluding carboxylic acids is 1. The van der Waals surface area contributed by atoms with Crippen LogP contribution in [0.5, 0.6) is 0 Å². The molecule has 0 aromatic carbocycles. The van der Waals surface area contributed by atoms with Crippen molar-refractivity contribution in [2.24, 2.45) is 0 Å². The average Bonchev–Trinajstić information content (AvgIpc) is 2.76. The predicted octanol–water partition coefficient (Wildman–Crippen LogP) is 4.00. The highest BCUT2D eigenvalue weighted by Gasteiger charge is 2.19. The SMILES string of the molecule is CCCCCC=C(C)C(=O)OC1CCCC1. The van der Waals surface area contributed by atoms with Crippen molar-refractivity contribution in [2.45, 2.75) is 71.3 Å². The molecule has 0 heterocycles. The fourth-order valence-corrected chi connectivity index (χ4v) is 2.05. The Bertz CT molecular complexity index is 237. The summed E-state index contributed by atoms with van der Waals surface area (Å²) in [5.74, 6) is -0.108. The van der Waals surface area contributed by atoms with Gasteiger partial charge in [-0.05, 0) is 45.4 Å². The first-order valence-electron chi connectivity index (χ1n) is 6.61. The monoisotopic (exact) mass is 224 g/mol. The normalized spacial score (nSPS) is 17.8. The molecule has 1 saturated carbocycles. The second kappa shape index (κ2) is 7.48. The molecule has 2 heteroatoms. The molecule has 2 nitrogen and oxygen atoms in total. The first-order valence-corrected chi connectivity index (χ1v) is 6.61. The van der Waals surface area contributed by atoms with Crippen LogP contribution in [-0.4, -0.2) is 12.1 Å². The lowest BCUT2D eigenvalue weighted by molar-refractivity contribution is -0.143. The van der Waals surface area contributed by atoms with Gasteiger partial charge in [-0.3, -0.25) is 0 Å². The van der Waals surface area contributed by atoms with Crippen LogP contribution in [-0.2, 0) is 9.53 Å². The summed E-state index contributed by atoms with van der Waals surface area (Å²) >= 11 is 0. The number of allylic oxidation sites excluding steroid dienone is 1. The van der Waals surface area contributed by atoms with E-state index in [1.165, 1.54) is 32.1 Å². The van der Waals surface area contributed by atoms with Gasteiger partial charge in [0.05, 0.1) is 0 Å². The number of hydrogen-bond acceptors (Lipinski definition) is 2. The second-order valence-electron chi connectivity index (χ2n) is 4.69. The quantitative estimate of drug-likeness (QED) is 0.387. The third-order valence-electron chi connectivity index (χ3n) is 3.16. The molecule has 0 aromatic heterocycles. The van der Waals surface area contributed by atoms with Crippen molar-refractivity contribution >= 4 is 5.97 Å². The number of hydrogen-bond donors (Lipinski definition) is 0. The largest absolute Gasteiger partial charge is 0.459 e. The third-order valence-corrected chi connectivity index (χ3v) is 3.16. The highest BCUT2D eigenvalue weighted by Crippen LogP contribution is 2.21. The molecule has 92 valence electrons. The highest BCUT2D eigenvalue weighted by atomic mass is 16.5. The van der Waals surface area contributed by atoms with Crippen molar-refractivity contribution in [3.8, 4) is 0 Å². The number of ether oxygens (including phenoxy) is 1. The van der Waals surface area contributed by atoms with E-state index in [-0.39, 0.29) is 12.1 Å². The van der Waals surface area contributed by atoms with Gasteiger partial charge in [0.2, 0.25) is 0 Å². The number of esters is 1. The van der Waals surface area contributed by atoms with Gasteiger partial charge < -0.3 is 4.74 Å². The summed E-state index contributed by atoms with van der Waals surface area (Å²) in [6.45, 7) is 4.05. The van der Waals surface area contributed by atoms with Crippen molar-refractivity contribution in [3.05, 3.63) is 11.6 Å². The Morgan fingerprint density at radius 2 is 2.00 bits per heavy atom. The zero-order valence-corrected chi connectivity index (χ0v) is 10.6. The molecule has 1 aliphatic rings. The summed E-state index contributed by atoms with van der Waals surface area (Å²) in [7, 11) is 0. The molecule has 1 fully saturated rings. The molecule has 0 unspecified atom stereocenters. The summed E-state index contributed by atoms with van der Waals surface area (Å²) in [4.78, 5) is 11.7. The minimum Gasteiger partial charge on any atom is -0.459 e. The zero-order valence-electron chi connectivity index (χ0n) is 10.6. The Hall–Kier alpha value is -0.790. The van der Waals surface area contributed by atoms with Crippen LogP contribution in [0, 0.1) is 0 Å². The lowest BCUT2D eigenvalue weighted by Crippen LogP contribution is -2.15. The van der Waals surface area contributed by atoms with Gasteiger partial charge in [-0.2, -0.15) is 0 Å². The van der Waals surface area contributed by atoms with Crippen molar-refractivity contribution in [2.75, 3.05) is 0 Å². The topological polar surface area (TPSA) is 26.3 Å². The summed E-state index contributed by atoms with van der Waals surface area (Å²) in [6.07, 6.45) is 11.3. The molecule has 1 aliphatic carbocycles. The molecule has 0 N–H and O–H groups in total. The van der Waals surface area contributed by atoms with Crippen LogP contribution in [0.25, 0.3) is 0 Å². The van der Waals surface area contributed by atoms with E-state index in [9.17, 15) is 4.79 Å². The molecule has 0 bridgehead atoms. The molecular weight excluding hydrogens is 200 g/mol. The zero-order chi connectivity index (χ0) is 11.8. The molecule has 0 spiro atoms. The second-order valence-corrected chi connectivity index (χ2v) is 4.69. The fourth-order valence-electron chi connectivity index (χ4n) is 2.05. The minimum absolute atomic E-state index is 0.108. The van der Waals surface area contributed by atoms with Crippen LogP contribution < -0.4 is 0 Å². The van der Waals surface area contributed by atoms with Crippen LogP contribution in [0.3, 0.4) is 0 Å². The van der Waals surface area contributed by atoms with Gasteiger partial charge in [-0.1, -0.05) is 25.8 Å². The molecule has 0 amide bonds. The standard InChI is InChI=1S/C14H24O2/c1-3-4-5-6-9-12(2)14(15)16-13-10-7-8-11-13/h9,13H,3-8,10-11H2,1-2H3. The smallest absolute Gasteiger partial charge is 0.333 e. The first kappa shape index (κ1) is 13.3. The Morgan fingerprint density at radius 3 is 2.62 bits per heavy atom. The van der Waals surface area contributed by atoms with Crippen molar-refractivity contribution in [1.82, 2.24) is 0 Å². The minimum atomic E-state index is -0.108. The maximum atomic E-state index is 11.7. The van der Waals surface area contributed by atoms with Gasteiger partial charge in [0.1, 0.15) is 6.10 Å². The van der Waals surface area contributed by atoms with E-state index < -0.39 is 0 Å². The maximum Gasteiger partial charge on any atom is 0.333 e. The van der Waals surface area contributed by atoms with E-state index in [0.29, 0.717) is 0 Å². The molecule has 0 saturated heterocycles. The van der Waals surface area contributed by atoms with Crippen molar-refractivity contribution < 1.29 is 9.53 Å². The van der Waals surface area contributed by atoms with Crippen LogP contribution in [0.15, 0.2) is 11.6 Å². The van der Waals surface area contributed by atoms with Gasteiger partial charge in [0, 0.05) is 5.57 Å². The molecule has 0 atom stereocenters. The van der Waals surface area contributed by atoms with E-state index in [0.717, 1.165) is 24.8 Å². The Kier molecular flexibility index (Phi) is 6.20. The molecule has 0 aliphatic heterocycles. The van der Waals surface area contributed by atoms with Gasteiger partial charge in [0.25, 0.3) is 0 Å². The molecule has 0 radical (unpaired) electrons. The van der Waals surface area contributed by atoms with Gasteiger partial charge in [-0.25, -0.2) is 4.79 Å². The third kappa shape index (κ3) is 4.82. The van der Waals surface area contributed by atoms with Crippen LogP contribution in [0.1, 0.15) is 65.2 Å². The summed E-state index contributed by atoms with van der Waals surface area (Å²) in [6, 6.07) is 0. The number of unbranched alkanes of at least 4 members (excludes halogenated alkanes) is 3. The Balaban J connectivity index is 2.23. The number of rotatable bonds is 6. The van der Waals surface area contributed by atoms with E-state index in [2.05, 4.69) is 6.92 Å². The Morgan fingerprint density at radius 1 is 1.31 bits per heavy atom. The van der Waals surface area contributed by atoms with Gasteiger partial charge in [-0.15, -0.1) is 0 Å². The van der Waals surface area contributed by atoms with Gasteiger partial charge in [0.15, 0.2) is 0 Å². The van der Waals surface area contributed by atoms with E-state index in [4.69, 9.17) is 4.74 Å². The van der Waals surface area contributed by atoms with Crippen LogP contribution >= 0.6 is 0 Å². The summed E-state index contributed by atoms with van der Waals surface area (Å²) in [5.41, 5.74) is 0.781. The van der Waals surface area contributed by atoms with E-state index in [1.807, 2.05) is 13.0 Å². The average molecular weight is 224 g/mol. The maximum absolute atomic E-state index is 11.7. The van der Waals surface area contributed by atoms with Gasteiger partial charge >= 0.3 is 5.97 Å². The first-order chi connectivity index (χ1) is 7.74. The van der Waals surface area contributed by atoms with E-state index >= 15 is 0 Å².